The summed E-state index contributed by atoms with van der Waals surface area (Å²) in [6.07, 6.45) is 2.25. The fourth-order valence-electron chi connectivity index (χ4n) is 1.57. The van der Waals surface area contributed by atoms with Gasteiger partial charge in [0.25, 0.3) is 0 Å². The summed E-state index contributed by atoms with van der Waals surface area (Å²) in [5.74, 6) is -0.738. The highest BCUT2D eigenvalue weighted by Crippen LogP contribution is 2.26. The van der Waals surface area contributed by atoms with Gasteiger partial charge in [0, 0.05) is 16.6 Å². The first-order valence-electron chi connectivity index (χ1n) is 5.68. The molecular formula is C15H10BrFO3. The van der Waals surface area contributed by atoms with Crippen molar-refractivity contribution >= 4 is 28.0 Å². The van der Waals surface area contributed by atoms with E-state index in [9.17, 15) is 9.18 Å². The van der Waals surface area contributed by atoms with Crippen LogP contribution in [0.5, 0.6) is 11.5 Å². The summed E-state index contributed by atoms with van der Waals surface area (Å²) >= 11 is 3.31. The van der Waals surface area contributed by atoms with E-state index >= 15 is 0 Å². The summed E-state index contributed by atoms with van der Waals surface area (Å²) in [5, 5.41) is 8.56. The Labute approximate surface area is 123 Å². The van der Waals surface area contributed by atoms with Gasteiger partial charge in [-0.05, 0) is 42.0 Å². The summed E-state index contributed by atoms with van der Waals surface area (Å²) in [4.78, 5) is 10.5. The molecule has 0 aromatic heterocycles. The molecular weight excluding hydrogens is 327 g/mol. The number of ether oxygens (including phenoxy) is 1. The molecule has 0 aliphatic carbocycles. The molecule has 0 spiro atoms. The van der Waals surface area contributed by atoms with E-state index in [2.05, 4.69) is 15.9 Å². The molecule has 0 amide bonds. The monoisotopic (exact) mass is 336 g/mol. The molecule has 0 unspecified atom stereocenters. The van der Waals surface area contributed by atoms with Crippen molar-refractivity contribution in [1.29, 1.82) is 0 Å². The van der Waals surface area contributed by atoms with Crippen molar-refractivity contribution in [3.8, 4) is 11.5 Å². The van der Waals surface area contributed by atoms with Crippen LogP contribution in [0.1, 0.15) is 5.56 Å². The first-order chi connectivity index (χ1) is 9.52. The lowest BCUT2D eigenvalue weighted by Gasteiger charge is -2.07. The van der Waals surface area contributed by atoms with Gasteiger partial charge in [-0.15, -0.1) is 0 Å². The van der Waals surface area contributed by atoms with Crippen molar-refractivity contribution in [1.82, 2.24) is 0 Å². The second-order valence-electron chi connectivity index (χ2n) is 3.95. The molecule has 0 bridgehead atoms. The zero-order valence-corrected chi connectivity index (χ0v) is 11.8. The molecule has 0 saturated carbocycles. The van der Waals surface area contributed by atoms with Crippen LogP contribution in [0, 0.1) is 5.82 Å². The lowest BCUT2D eigenvalue weighted by Crippen LogP contribution is -1.89. The maximum atomic E-state index is 13.5. The Kier molecular flexibility index (Phi) is 4.53. The third-order valence-corrected chi connectivity index (χ3v) is 2.84. The van der Waals surface area contributed by atoms with Gasteiger partial charge in [-0.2, -0.15) is 0 Å². The fraction of sp³-hybridized carbons (Fsp3) is 0. The van der Waals surface area contributed by atoms with Crippen molar-refractivity contribution in [2.24, 2.45) is 0 Å². The van der Waals surface area contributed by atoms with Crippen LogP contribution in [0.2, 0.25) is 0 Å². The third kappa shape index (κ3) is 4.20. The Hall–Kier alpha value is -2.14. The highest BCUT2D eigenvalue weighted by atomic mass is 79.9. The molecule has 2 rings (SSSR count). The van der Waals surface area contributed by atoms with Gasteiger partial charge >= 0.3 is 5.97 Å². The number of carbonyl (C=O) groups is 1. The van der Waals surface area contributed by atoms with Gasteiger partial charge < -0.3 is 9.84 Å². The van der Waals surface area contributed by atoms with Gasteiger partial charge in [0.15, 0.2) is 0 Å². The first kappa shape index (κ1) is 14.3. The van der Waals surface area contributed by atoms with E-state index in [4.69, 9.17) is 9.84 Å². The van der Waals surface area contributed by atoms with Gasteiger partial charge in [0.2, 0.25) is 0 Å². The van der Waals surface area contributed by atoms with E-state index < -0.39 is 11.8 Å². The van der Waals surface area contributed by atoms with Gasteiger partial charge in [0.05, 0.1) is 0 Å². The van der Waals surface area contributed by atoms with Crippen LogP contribution in [0.4, 0.5) is 4.39 Å². The molecule has 1 N–H and O–H groups in total. The van der Waals surface area contributed by atoms with Crippen LogP contribution in [-0.4, -0.2) is 11.1 Å². The van der Waals surface area contributed by atoms with Crippen molar-refractivity contribution in [2.45, 2.75) is 0 Å². The van der Waals surface area contributed by atoms with E-state index in [-0.39, 0.29) is 0 Å². The molecule has 2 aromatic carbocycles. The van der Waals surface area contributed by atoms with E-state index in [0.717, 1.165) is 10.5 Å². The molecule has 2 aromatic rings. The Balaban J connectivity index is 2.26. The molecule has 102 valence electrons. The lowest BCUT2D eigenvalue weighted by atomic mass is 10.2. The van der Waals surface area contributed by atoms with E-state index in [0.29, 0.717) is 17.1 Å². The molecule has 5 heteroatoms. The summed E-state index contributed by atoms with van der Waals surface area (Å²) < 4.78 is 19.8. The van der Waals surface area contributed by atoms with Crippen molar-refractivity contribution in [3.63, 3.8) is 0 Å². The number of aliphatic carboxylic acids is 1. The minimum absolute atomic E-state index is 0.299. The number of hydrogen-bond donors (Lipinski definition) is 1. The second-order valence-corrected chi connectivity index (χ2v) is 4.87. The molecule has 20 heavy (non-hydrogen) atoms. The fourth-order valence-corrected chi connectivity index (χ4v) is 1.95. The quantitative estimate of drug-likeness (QED) is 0.837. The largest absolute Gasteiger partial charge is 0.478 e. The summed E-state index contributed by atoms with van der Waals surface area (Å²) in [5.41, 5.74) is 0.414. The Morgan fingerprint density at radius 3 is 2.70 bits per heavy atom. The molecule has 0 fully saturated rings. The normalized spacial score (nSPS) is 10.7. The van der Waals surface area contributed by atoms with Crippen LogP contribution in [0.25, 0.3) is 6.08 Å². The average molecular weight is 337 g/mol. The molecule has 0 aliphatic heterocycles. The number of hydrogen-bond acceptors (Lipinski definition) is 2. The summed E-state index contributed by atoms with van der Waals surface area (Å²) in [6, 6.07) is 11.2. The molecule has 0 atom stereocenters. The Morgan fingerprint density at radius 2 is 2.00 bits per heavy atom. The van der Waals surface area contributed by atoms with Gasteiger partial charge in [-0.3, -0.25) is 0 Å². The maximum Gasteiger partial charge on any atom is 0.328 e. The highest BCUT2D eigenvalue weighted by Gasteiger charge is 2.03. The smallest absolute Gasteiger partial charge is 0.328 e. The van der Waals surface area contributed by atoms with Crippen molar-refractivity contribution in [2.75, 3.05) is 0 Å². The highest BCUT2D eigenvalue weighted by molar-refractivity contribution is 9.10. The minimum atomic E-state index is -1.09. The van der Waals surface area contributed by atoms with E-state index in [1.54, 1.807) is 24.3 Å². The number of benzene rings is 2. The number of carboxylic acid groups (broad SMARTS) is 1. The molecule has 3 nitrogen and oxygen atoms in total. The van der Waals surface area contributed by atoms with Crippen molar-refractivity contribution in [3.05, 3.63) is 64.4 Å². The SMILES string of the molecule is O=C(O)/C=C/c1cc(F)cc(Oc2cccc(Br)c2)c1. The zero-order valence-electron chi connectivity index (χ0n) is 10.2. The number of carboxylic acids is 1. The minimum Gasteiger partial charge on any atom is -0.478 e. The summed E-state index contributed by atoms with van der Waals surface area (Å²) in [6.45, 7) is 0. The molecule has 0 saturated heterocycles. The predicted molar refractivity (Wildman–Crippen MR) is 77.3 cm³/mol. The Morgan fingerprint density at radius 1 is 1.20 bits per heavy atom. The van der Waals surface area contributed by atoms with E-state index in [1.165, 1.54) is 18.2 Å². The maximum absolute atomic E-state index is 13.5. The van der Waals surface area contributed by atoms with Crippen LogP contribution < -0.4 is 4.74 Å². The van der Waals surface area contributed by atoms with E-state index in [1.807, 2.05) is 6.07 Å². The first-order valence-corrected chi connectivity index (χ1v) is 6.47. The topological polar surface area (TPSA) is 46.5 Å². The standard InChI is InChI=1S/C15H10BrFO3/c16-11-2-1-3-13(8-11)20-14-7-10(4-5-15(18)19)6-12(17)9-14/h1-9H,(H,18,19)/b5-4+. The van der Waals surface area contributed by atoms with Crippen LogP contribution >= 0.6 is 15.9 Å². The predicted octanol–water partition coefficient (Wildman–Crippen LogP) is 4.48. The number of rotatable bonds is 4. The van der Waals surface area contributed by atoms with Gasteiger partial charge in [0.1, 0.15) is 17.3 Å². The van der Waals surface area contributed by atoms with Crippen LogP contribution in [0.15, 0.2) is 53.0 Å². The van der Waals surface area contributed by atoms with Crippen LogP contribution in [0.3, 0.4) is 0 Å². The van der Waals surface area contributed by atoms with Crippen molar-refractivity contribution < 1.29 is 19.0 Å². The second kappa shape index (κ2) is 6.34. The summed E-state index contributed by atoms with van der Waals surface area (Å²) in [7, 11) is 0. The van der Waals surface area contributed by atoms with Crippen LogP contribution in [-0.2, 0) is 4.79 Å². The number of halogens is 2. The molecule has 0 aliphatic rings. The lowest BCUT2D eigenvalue weighted by molar-refractivity contribution is -0.131. The molecule has 0 radical (unpaired) electrons. The Bertz CT molecular complexity index is 668. The van der Waals surface area contributed by atoms with Gasteiger partial charge in [-0.1, -0.05) is 22.0 Å². The molecule has 0 heterocycles. The third-order valence-electron chi connectivity index (χ3n) is 2.34. The average Bonchev–Trinajstić information content (AvgIpc) is 2.35. The zero-order chi connectivity index (χ0) is 14.5. The van der Waals surface area contributed by atoms with Gasteiger partial charge in [-0.25, -0.2) is 9.18 Å².